The molecule has 3 rings (SSSR count). The number of amides is 1. The van der Waals surface area contributed by atoms with E-state index in [1.807, 2.05) is 61.5 Å². The molecule has 0 bridgehead atoms. The highest BCUT2D eigenvalue weighted by atomic mass is 32.2. The summed E-state index contributed by atoms with van der Waals surface area (Å²) < 4.78 is 24.8. The van der Waals surface area contributed by atoms with Crippen LogP contribution >= 0.6 is 0 Å². The maximum atomic E-state index is 12.6. The topological polar surface area (TPSA) is 54.5 Å². The summed E-state index contributed by atoms with van der Waals surface area (Å²) in [6, 6.07) is 17.0. The first-order valence-electron chi connectivity index (χ1n) is 8.05. The van der Waals surface area contributed by atoms with Gasteiger partial charge in [0.05, 0.1) is 12.2 Å². The van der Waals surface area contributed by atoms with Crippen LogP contribution in [0.3, 0.4) is 0 Å². The van der Waals surface area contributed by atoms with Crippen molar-refractivity contribution in [2.24, 2.45) is 0 Å². The van der Waals surface area contributed by atoms with Gasteiger partial charge in [0.1, 0.15) is 5.25 Å². The molecule has 1 saturated heterocycles. The van der Waals surface area contributed by atoms with Gasteiger partial charge in [-0.15, -0.1) is 0 Å². The van der Waals surface area contributed by atoms with Gasteiger partial charge in [-0.05, 0) is 18.1 Å². The van der Waals surface area contributed by atoms with E-state index in [2.05, 4.69) is 0 Å². The van der Waals surface area contributed by atoms with Crippen molar-refractivity contribution in [3.8, 4) is 0 Å². The average Bonchev–Trinajstić information content (AvgIpc) is 2.55. The fraction of sp³-hybridized carbons (Fsp3) is 0.316. The molecule has 126 valence electrons. The maximum Gasteiger partial charge on any atom is 0.227 e. The van der Waals surface area contributed by atoms with Crippen LogP contribution in [0.1, 0.15) is 21.9 Å². The van der Waals surface area contributed by atoms with Gasteiger partial charge in [-0.25, -0.2) is 8.42 Å². The number of nitrogens with zero attached hydrogens (tertiary/aromatic N) is 1. The molecule has 1 fully saturated rings. The van der Waals surface area contributed by atoms with Crippen LogP contribution in [-0.2, 0) is 21.1 Å². The Morgan fingerprint density at radius 3 is 2.58 bits per heavy atom. The van der Waals surface area contributed by atoms with Crippen LogP contribution < -0.4 is 0 Å². The maximum absolute atomic E-state index is 12.6. The monoisotopic (exact) mass is 343 g/mol. The van der Waals surface area contributed by atoms with Crippen LogP contribution in [0.15, 0.2) is 54.6 Å². The smallest absolute Gasteiger partial charge is 0.227 e. The summed E-state index contributed by atoms with van der Waals surface area (Å²) in [5.41, 5.74) is 2.83. The molecule has 1 unspecified atom stereocenters. The highest BCUT2D eigenvalue weighted by Gasteiger charge is 2.35. The molecule has 1 atom stereocenters. The zero-order valence-corrected chi connectivity index (χ0v) is 14.5. The van der Waals surface area contributed by atoms with E-state index in [1.54, 1.807) is 4.90 Å². The Labute approximate surface area is 143 Å². The highest BCUT2D eigenvalue weighted by molar-refractivity contribution is 7.91. The molecule has 0 spiro atoms. The Morgan fingerprint density at radius 2 is 1.88 bits per heavy atom. The van der Waals surface area contributed by atoms with E-state index in [0.717, 1.165) is 16.7 Å². The van der Waals surface area contributed by atoms with Crippen LogP contribution in [0.4, 0.5) is 0 Å². The quantitative estimate of drug-likeness (QED) is 0.860. The molecule has 4 nitrogen and oxygen atoms in total. The van der Waals surface area contributed by atoms with Gasteiger partial charge in [-0.3, -0.25) is 4.79 Å². The Balaban J connectivity index is 1.77. The molecule has 2 aromatic rings. The lowest BCUT2D eigenvalue weighted by atomic mass is 10.1. The van der Waals surface area contributed by atoms with Crippen molar-refractivity contribution in [2.75, 3.05) is 18.8 Å². The van der Waals surface area contributed by atoms with E-state index < -0.39 is 15.1 Å². The van der Waals surface area contributed by atoms with Gasteiger partial charge in [-0.1, -0.05) is 60.2 Å². The number of sulfone groups is 1. The number of benzene rings is 2. The summed E-state index contributed by atoms with van der Waals surface area (Å²) in [5.74, 6) is 0.00277. The molecular formula is C19H21NO3S. The van der Waals surface area contributed by atoms with Gasteiger partial charge in [0.25, 0.3) is 0 Å². The number of hydrogen-bond donors (Lipinski definition) is 0. The van der Waals surface area contributed by atoms with E-state index in [0.29, 0.717) is 6.42 Å². The van der Waals surface area contributed by atoms with Gasteiger partial charge in [0.15, 0.2) is 9.84 Å². The van der Waals surface area contributed by atoms with Crippen molar-refractivity contribution in [3.05, 3.63) is 71.3 Å². The third-order valence-corrected chi connectivity index (χ3v) is 6.47. The second-order valence-corrected chi connectivity index (χ2v) is 8.57. The lowest BCUT2D eigenvalue weighted by molar-refractivity contribution is -0.130. The highest BCUT2D eigenvalue weighted by Crippen LogP contribution is 2.28. The van der Waals surface area contributed by atoms with Crippen LogP contribution in [0, 0.1) is 6.92 Å². The molecule has 2 aromatic carbocycles. The molecule has 1 aliphatic heterocycles. The fourth-order valence-electron chi connectivity index (χ4n) is 3.10. The second kappa shape index (κ2) is 6.77. The second-order valence-electron chi connectivity index (χ2n) is 6.27. The fourth-order valence-corrected chi connectivity index (χ4v) is 4.84. The van der Waals surface area contributed by atoms with Crippen LogP contribution in [0.25, 0.3) is 0 Å². The van der Waals surface area contributed by atoms with Crippen molar-refractivity contribution in [1.29, 1.82) is 0 Å². The van der Waals surface area contributed by atoms with Crippen molar-refractivity contribution in [3.63, 3.8) is 0 Å². The molecule has 0 N–H and O–H groups in total. The first-order valence-corrected chi connectivity index (χ1v) is 9.77. The van der Waals surface area contributed by atoms with Crippen molar-refractivity contribution in [1.82, 2.24) is 4.90 Å². The lowest BCUT2D eigenvalue weighted by Gasteiger charge is -2.33. The summed E-state index contributed by atoms with van der Waals surface area (Å²) in [5, 5.41) is -0.631. The Hall–Kier alpha value is -2.14. The molecule has 0 saturated carbocycles. The Bertz CT molecular complexity index is 831. The van der Waals surface area contributed by atoms with Crippen molar-refractivity contribution >= 4 is 15.7 Å². The predicted octanol–water partition coefficient (Wildman–Crippen LogP) is 2.54. The largest absolute Gasteiger partial charge is 0.340 e. The average molecular weight is 343 g/mol. The minimum absolute atomic E-state index is 0.0172. The first-order chi connectivity index (χ1) is 11.5. The Kier molecular flexibility index (Phi) is 4.71. The van der Waals surface area contributed by atoms with Crippen molar-refractivity contribution < 1.29 is 13.2 Å². The molecule has 0 radical (unpaired) electrons. The van der Waals surface area contributed by atoms with E-state index in [9.17, 15) is 13.2 Å². The molecule has 1 heterocycles. The van der Waals surface area contributed by atoms with Gasteiger partial charge < -0.3 is 4.90 Å². The minimum atomic E-state index is -3.22. The van der Waals surface area contributed by atoms with E-state index in [-0.39, 0.29) is 24.7 Å². The number of rotatable bonds is 3. The summed E-state index contributed by atoms with van der Waals surface area (Å²) in [7, 11) is -3.22. The third kappa shape index (κ3) is 3.67. The predicted molar refractivity (Wildman–Crippen MR) is 94.4 cm³/mol. The SMILES string of the molecule is Cc1cccc(CC(=O)N2CCS(=O)(=O)C(c3ccccc3)C2)c1. The van der Waals surface area contributed by atoms with Crippen LogP contribution in [0.2, 0.25) is 0 Å². The molecule has 1 amide bonds. The molecule has 24 heavy (non-hydrogen) atoms. The zero-order valence-electron chi connectivity index (χ0n) is 13.7. The number of aryl methyl sites for hydroxylation is 1. The van der Waals surface area contributed by atoms with E-state index >= 15 is 0 Å². The van der Waals surface area contributed by atoms with Gasteiger partial charge >= 0.3 is 0 Å². The Morgan fingerprint density at radius 1 is 1.12 bits per heavy atom. The number of hydrogen-bond acceptors (Lipinski definition) is 3. The van der Waals surface area contributed by atoms with Gasteiger partial charge in [0, 0.05) is 13.1 Å². The first kappa shape index (κ1) is 16.7. The molecular weight excluding hydrogens is 322 g/mol. The normalized spacial score (nSPS) is 19.9. The van der Waals surface area contributed by atoms with Crippen LogP contribution in [0.5, 0.6) is 0 Å². The summed E-state index contributed by atoms with van der Waals surface area (Å²) in [6.07, 6.45) is 0.309. The standard InChI is InChI=1S/C19H21NO3S/c1-15-6-5-7-16(12-15)13-19(21)20-10-11-24(22,23)18(14-20)17-8-3-2-4-9-17/h2-9,12,18H,10-11,13-14H2,1H3. The molecule has 0 aliphatic carbocycles. The van der Waals surface area contributed by atoms with Crippen molar-refractivity contribution in [2.45, 2.75) is 18.6 Å². The third-order valence-electron chi connectivity index (χ3n) is 4.43. The van der Waals surface area contributed by atoms with Gasteiger partial charge in [0.2, 0.25) is 5.91 Å². The van der Waals surface area contributed by atoms with Crippen LogP contribution in [-0.4, -0.2) is 38.1 Å². The summed E-state index contributed by atoms with van der Waals surface area (Å²) in [4.78, 5) is 14.3. The minimum Gasteiger partial charge on any atom is -0.340 e. The lowest BCUT2D eigenvalue weighted by Crippen LogP contribution is -2.46. The van der Waals surface area contributed by atoms with Gasteiger partial charge in [-0.2, -0.15) is 0 Å². The number of carbonyl (C=O) groups excluding carboxylic acids is 1. The zero-order chi connectivity index (χ0) is 17.2. The summed E-state index contributed by atoms with van der Waals surface area (Å²) in [6.45, 7) is 2.50. The van der Waals surface area contributed by atoms with E-state index in [4.69, 9.17) is 0 Å². The molecule has 0 aromatic heterocycles. The molecule has 5 heteroatoms. The summed E-state index contributed by atoms with van der Waals surface area (Å²) >= 11 is 0. The van der Waals surface area contributed by atoms with E-state index in [1.165, 1.54) is 0 Å². The number of carbonyl (C=O) groups is 1. The molecule has 1 aliphatic rings.